The van der Waals surface area contributed by atoms with E-state index in [2.05, 4.69) is 47.6 Å². The predicted molar refractivity (Wildman–Crippen MR) is 66.2 cm³/mol. The first-order chi connectivity index (χ1) is 7.29. The Balaban J connectivity index is 2.33. The van der Waals surface area contributed by atoms with Gasteiger partial charge in [-0.2, -0.15) is 0 Å². The van der Waals surface area contributed by atoms with Crippen LogP contribution < -0.4 is 0 Å². The van der Waals surface area contributed by atoms with Gasteiger partial charge in [-0.1, -0.05) is 18.2 Å². The molecule has 0 radical (unpaired) electrons. The smallest absolute Gasteiger partial charge is 0.0702 e. The monoisotopic (exact) mass is 215 g/mol. The molecular formula is C13H13NS. The highest BCUT2D eigenvalue weighted by atomic mass is 32.2. The van der Waals surface area contributed by atoms with Crippen LogP contribution in [0.3, 0.4) is 0 Å². The Morgan fingerprint density at radius 2 is 1.73 bits per heavy atom. The topological polar surface area (TPSA) is 12.9 Å². The number of aromatic nitrogens is 1. The van der Waals surface area contributed by atoms with Gasteiger partial charge < -0.3 is 0 Å². The molecule has 2 aromatic rings. The summed E-state index contributed by atoms with van der Waals surface area (Å²) in [5.74, 6) is 0. The van der Waals surface area contributed by atoms with Gasteiger partial charge in [0.05, 0.1) is 5.69 Å². The van der Waals surface area contributed by atoms with Gasteiger partial charge >= 0.3 is 0 Å². The largest absolute Gasteiger partial charge is 0.256 e. The summed E-state index contributed by atoms with van der Waals surface area (Å²) in [6.45, 7) is 2.05. The van der Waals surface area contributed by atoms with Gasteiger partial charge in [-0.25, -0.2) is 0 Å². The molecule has 2 heteroatoms. The number of aryl methyl sites for hydroxylation is 1. The van der Waals surface area contributed by atoms with Gasteiger partial charge in [0.15, 0.2) is 0 Å². The number of hydrogen-bond donors (Lipinski definition) is 0. The maximum Gasteiger partial charge on any atom is 0.0702 e. The SMILES string of the molecule is CSc1ccc(-c2ccc(C)cn2)cc1. The van der Waals surface area contributed by atoms with E-state index in [0.717, 1.165) is 5.69 Å². The lowest BCUT2D eigenvalue weighted by Gasteiger charge is -2.02. The highest BCUT2D eigenvalue weighted by Crippen LogP contribution is 2.21. The van der Waals surface area contributed by atoms with E-state index in [1.54, 1.807) is 11.8 Å². The third kappa shape index (κ3) is 2.39. The van der Waals surface area contributed by atoms with Crippen LogP contribution in [0.15, 0.2) is 47.5 Å². The molecule has 0 N–H and O–H groups in total. The van der Waals surface area contributed by atoms with E-state index in [4.69, 9.17) is 0 Å². The molecule has 2 rings (SSSR count). The fourth-order valence-corrected chi connectivity index (χ4v) is 1.81. The predicted octanol–water partition coefficient (Wildman–Crippen LogP) is 3.78. The molecule has 0 bridgehead atoms. The summed E-state index contributed by atoms with van der Waals surface area (Å²) < 4.78 is 0. The van der Waals surface area contributed by atoms with E-state index in [0.29, 0.717) is 0 Å². The van der Waals surface area contributed by atoms with Crippen molar-refractivity contribution in [1.82, 2.24) is 4.98 Å². The third-order valence-corrected chi connectivity index (χ3v) is 3.04. The minimum absolute atomic E-state index is 1.04. The number of pyridine rings is 1. The Hall–Kier alpha value is -1.28. The van der Waals surface area contributed by atoms with Crippen molar-refractivity contribution in [2.75, 3.05) is 6.26 Å². The zero-order valence-corrected chi connectivity index (χ0v) is 9.71. The van der Waals surface area contributed by atoms with Gasteiger partial charge in [0, 0.05) is 16.7 Å². The van der Waals surface area contributed by atoms with Crippen LogP contribution in [-0.2, 0) is 0 Å². The molecule has 0 fully saturated rings. The quantitative estimate of drug-likeness (QED) is 0.707. The molecule has 1 aromatic carbocycles. The number of hydrogen-bond acceptors (Lipinski definition) is 2. The number of benzene rings is 1. The summed E-state index contributed by atoms with van der Waals surface area (Å²) in [5.41, 5.74) is 3.40. The summed E-state index contributed by atoms with van der Waals surface area (Å²) in [6, 6.07) is 12.6. The van der Waals surface area contributed by atoms with Crippen LogP contribution in [0.1, 0.15) is 5.56 Å². The van der Waals surface area contributed by atoms with Crippen molar-refractivity contribution in [3.8, 4) is 11.3 Å². The molecule has 1 nitrogen and oxygen atoms in total. The molecule has 0 spiro atoms. The van der Waals surface area contributed by atoms with Crippen LogP contribution in [0.25, 0.3) is 11.3 Å². The molecule has 0 aliphatic rings. The standard InChI is InChI=1S/C13H13NS/c1-10-3-8-13(14-9-10)11-4-6-12(15-2)7-5-11/h3-9H,1-2H3. The Morgan fingerprint density at radius 1 is 1.00 bits per heavy atom. The van der Waals surface area contributed by atoms with Crippen molar-refractivity contribution in [2.24, 2.45) is 0 Å². The van der Waals surface area contributed by atoms with Crippen molar-refractivity contribution < 1.29 is 0 Å². The minimum Gasteiger partial charge on any atom is -0.256 e. The lowest BCUT2D eigenvalue weighted by atomic mass is 10.1. The zero-order chi connectivity index (χ0) is 10.7. The van der Waals surface area contributed by atoms with Crippen LogP contribution in [0.4, 0.5) is 0 Å². The summed E-state index contributed by atoms with van der Waals surface area (Å²) in [4.78, 5) is 5.68. The average Bonchev–Trinajstić information content (AvgIpc) is 2.30. The van der Waals surface area contributed by atoms with Crippen LogP contribution in [0.2, 0.25) is 0 Å². The van der Waals surface area contributed by atoms with Gasteiger partial charge in [-0.15, -0.1) is 11.8 Å². The van der Waals surface area contributed by atoms with E-state index >= 15 is 0 Å². The van der Waals surface area contributed by atoms with Crippen LogP contribution in [0, 0.1) is 6.92 Å². The third-order valence-electron chi connectivity index (χ3n) is 2.30. The van der Waals surface area contributed by atoms with Crippen molar-refractivity contribution in [2.45, 2.75) is 11.8 Å². The number of thioether (sulfide) groups is 1. The normalized spacial score (nSPS) is 10.3. The summed E-state index contributed by atoms with van der Waals surface area (Å²) in [7, 11) is 0. The molecule has 0 saturated carbocycles. The minimum atomic E-state index is 1.04. The maximum absolute atomic E-state index is 4.40. The van der Waals surface area contributed by atoms with Crippen molar-refractivity contribution in [1.29, 1.82) is 0 Å². The van der Waals surface area contributed by atoms with Crippen LogP contribution >= 0.6 is 11.8 Å². The molecule has 0 atom stereocenters. The highest BCUT2D eigenvalue weighted by molar-refractivity contribution is 7.98. The van der Waals surface area contributed by atoms with Crippen LogP contribution in [-0.4, -0.2) is 11.2 Å². The van der Waals surface area contributed by atoms with E-state index in [-0.39, 0.29) is 0 Å². The average molecular weight is 215 g/mol. The molecule has 0 aliphatic carbocycles. The number of nitrogens with zero attached hydrogens (tertiary/aromatic N) is 1. The first-order valence-corrected chi connectivity index (χ1v) is 6.09. The molecule has 76 valence electrons. The summed E-state index contributed by atoms with van der Waals surface area (Å²) >= 11 is 1.75. The second-order valence-electron chi connectivity index (χ2n) is 3.45. The Morgan fingerprint density at radius 3 is 2.27 bits per heavy atom. The Labute approximate surface area is 94.6 Å². The fourth-order valence-electron chi connectivity index (χ4n) is 1.40. The van der Waals surface area contributed by atoms with Gasteiger partial charge in [0.25, 0.3) is 0 Å². The van der Waals surface area contributed by atoms with Gasteiger partial charge in [-0.3, -0.25) is 4.98 Å². The first kappa shape index (κ1) is 10.2. The Kier molecular flexibility index (Phi) is 3.07. The van der Waals surface area contributed by atoms with Crippen molar-refractivity contribution in [3.05, 3.63) is 48.2 Å². The van der Waals surface area contributed by atoms with Crippen LogP contribution in [0.5, 0.6) is 0 Å². The maximum atomic E-state index is 4.40. The second kappa shape index (κ2) is 4.49. The molecule has 0 unspecified atom stereocenters. The number of rotatable bonds is 2. The molecule has 0 saturated heterocycles. The fraction of sp³-hybridized carbons (Fsp3) is 0.154. The summed E-state index contributed by atoms with van der Waals surface area (Å²) in [5, 5.41) is 0. The first-order valence-electron chi connectivity index (χ1n) is 4.86. The lowest BCUT2D eigenvalue weighted by Crippen LogP contribution is -1.83. The van der Waals surface area contributed by atoms with Gasteiger partial charge in [-0.05, 0) is 36.9 Å². The molecule has 15 heavy (non-hydrogen) atoms. The molecular weight excluding hydrogens is 202 g/mol. The zero-order valence-electron chi connectivity index (χ0n) is 8.90. The lowest BCUT2D eigenvalue weighted by molar-refractivity contribution is 1.27. The van der Waals surface area contributed by atoms with E-state index in [1.165, 1.54) is 16.0 Å². The molecule has 1 aromatic heterocycles. The van der Waals surface area contributed by atoms with Crippen molar-refractivity contribution in [3.63, 3.8) is 0 Å². The van der Waals surface area contributed by atoms with Gasteiger partial charge in [0.2, 0.25) is 0 Å². The highest BCUT2D eigenvalue weighted by Gasteiger charge is 1.98. The second-order valence-corrected chi connectivity index (χ2v) is 4.33. The summed E-state index contributed by atoms with van der Waals surface area (Å²) in [6.07, 6.45) is 3.98. The molecule has 0 aliphatic heterocycles. The molecule has 0 amide bonds. The van der Waals surface area contributed by atoms with E-state index in [1.807, 2.05) is 13.1 Å². The van der Waals surface area contributed by atoms with Crippen molar-refractivity contribution >= 4 is 11.8 Å². The Bertz CT molecular complexity index is 431. The van der Waals surface area contributed by atoms with Gasteiger partial charge in [0.1, 0.15) is 0 Å². The molecule has 1 heterocycles. The van der Waals surface area contributed by atoms with E-state index in [9.17, 15) is 0 Å². The van der Waals surface area contributed by atoms with E-state index < -0.39 is 0 Å².